The fraction of sp³-hybridized carbons (Fsp3) is 0.412. The Morgan fingerprint density at radius 2 is 1.96 bits per heavy atom. The third-order valence-corrected chi connectivity index (χ3v) is 3.85. The molecule has 6 heteroatoms. The second-order valence-corrected chi connectivity index (χ2v) is 6.02. The van der Waals surface area contributed by atoms with Crippen molar-refractivity contribution in [2.24, 2.45) is 0 Å². The monoisotopic (exact) mass is 319 g/mol. The zero-order chi connectivity index (χ0) is 17.1. The highest BCUT2D eigenvalue weighted by molar-refractivity contribution is 5.82. The summed E-state index contributed by atoms with van der Waals surface area (Å²) in [6, 6.07) is 4.80. The van der Waals surface area contributed by atoms with Crippen molar-refractivity contribution >= 4 is 16.9 Å². The Kier molecular flexibility index (Phi) is 5.05. The predicted octanol–water partition coefficient (Wildman–Crippen LogP) is 0.164. The van der Waals surface area contributed by atoms with Crippen LogP contribution in [0, 0.1) is 0 Å². The van der Waals surface area contributed by atoms with Crippen LogP contribution in [0.2, 0.25) is 0 Å². The molecular weight excluding hydrogens is 296 g/mol. The van der Waals surface area contributed by atoms with Crippen LogP contribution in [0.1, 0.15) is 18.1 Å². The molecule has 124 valence electrons. The second kappa shape index (κ2) is 6.83. The van der Waals surface area contributed by atoms with Crippen LogP contribution in [0.25, 0.3) is 11.0 Å². The highest BCUT2D eigenvalue weighted by atomic mass is 16.4. The number of nitrogens with zero attached hydrogens (tertiary/aromatic N) is 1. The van der Waals surface area contributed by atoms with Gasteiger partial charge in [-0.2, -0.15) is 0 Å². The largest absolute Gasteiger partial charge is 0.508 e. The van der Waals surface area contributed by atoms with Crippen molar-refractivity contribution in [2.75, 3.05) is 27.7 Å². The molecule has 1 unspecified atom stereocenters. The van der Waals surface area contributed by atoms with Gasteiger partial charge in [-0.15, -0.1) is 0 Å². The van der Waals surface area contributed by atoms with E-state index in [1.807, 2.05) is 20.0 Å². The van der Waals surface area contributed by atoms with Crippen LogP contribution >= 0.6 is 0 Å². The number of hydrogen-bond donors (Lipinski definition) is 2. The number of aromatic hydroxyl groups is 1. The Balaban J connectivity index is 2.39. The van der Waals surface area contributed by atoms with Crippen molar-refractivity contribution in [3.8, 4) is 5.75 Å². The first-order valence-corrected chi connectivity index (χ1v) is 7.62. The minimum absolute atomic E-state index is 0.0293. The molecular formula is C17H23N2O4+. The van der Waals surface area contributed by atoms with Gasteiger partial charge in [0.1, 0.15) is 17.9 Å². The first-order chi connectivity index (χ1) is 10.8. The third-order valence-electron chi connectivity index (χ3n) is 3.85. The number of carbonyl (C=O) groups is 1. The van der Waals surface area contributed by atoms with Crippen LogP contribution in [0.4, 0.5) is 0 Å². The van der Waals surface area contributed by atoms with Gasteiger partial charge in [-0.25, -0.2) is 4.79 Å². The van der Waals surface area contributed by atoms with Gasteiger partial charge in [0.15, 0.2) is 6.54 Å². The molecule has 2 aromatic rings. The van der Waals surface area contributed by atoms with Gasteiger partial charge >= 0.3 is 5.63 Å². The van der Waals surface area contributed by atoms with Crippen molar-refractivity contribution in [2.45, 2.75) is 19.9 Å². The van der Waals surface area contributed by atoms with Crippen molar-refractivity contribution in [3.05, 3.63) is 39.7 Å². The van der Waals surface area contributed by atoms with Crippen LogP contribution < -0.4 is 10.5 Å². The van der Waals surface area contributed by atoms with Crippen molar-refractivity contribution < 1.29 is 19.2 Å². The molecule has 1 aromatic heterocycles. The van der Waals surface area contributed by atoms with E-state index in [4.69, 9.17) is 4.42 Å². The SMILES string of the molecule is CCc1cc2c(C[NH+](C)CC(=O)N(C)C)cc(=O)oc2cc1O. The zero-order valence-electron chi connectivity index (χ0n) is 14.0. The number of aryl methyl sites for hydroxylation is 1. The summed E-state index contributed by atoms with van der Waals surface area (Å²) in [7, 11) is 5.35. The van der Waals surface area contributed by atoms with E-state index in [2.05, 4.69) is 0 Å². The van der Waals surface area contributed by atoms with Gasteiger partial charge in [0.05, 0.1) is 7.05 Å². The molecule has 0 aliphatic heterocycles. The minimum Gasteiger partial charge on any atom is -0.508 e. The lowest BCUT2D eigenvalue weighted by molar-refractivity contribution is -0.885. The Bertz CT molecular complexity index is 780. The Morgan fingerprint density at radius 1 is 1.26 bits per heavy atom. The summed E-state index contributed by atoms with van der Waals surface area (Å²) < 4.78 is 5.18. The standard InChI is InChI=1S/C17H22N2O4/c1-5-11-6-13-12(9-19(4)10-16(21)18(2)3)7-17(22)23-15(13)8-14(11)20/h6-8,20H,5,9-10H2,1-4H3/p+1. The molecule has 6 nitrogen and oxygen atoms in total. The van der Waals surface area contributed by atoms with E-state index in [0.717, 1.165) is 21.4 Å². The Hall–Kier alpha value is -2.34. The maximum atomic E-state index is 11.8. The number of nitrogens with one attached hydrogen (secondary N) is 1. The van der Waals surface area contributed by atoms with Crippen molar-refractivity contribution in [1.82, 2.24) is 4.90 Å². The number of amides is 1. The fourth-order valence-corrected chi connectivity index (χ4v) is 2.54. The zero-order valence-corrected chi connectivity index (χ0v) is 14.0. The summed E-state index contributed by atoms with van der Waals surface area (Å²) >= 11 is 0. The van der Waals surface area contributed by atoms with Crippen molar-refractivity contribution in [1.29, 1.82) is 0 Å². The molecule has 1 aromatic carbocycles. The van der Waals surface area contributed by atoms with Gasteiger partial charge in [-0.3, -0.25) is 4.79 Å². The molecule has 1 amide bonds. The highest BCUT2D eigenvalue weighted by Gasteiger charge is 2.16. The number of fused-ring (bicyclic) bond motifs is 1. The maximum absolute atomic E-state index is 11.8. The van der Waals surface area contributed by atoms with E-state index >= 15 is 0 Å². The second-order valence-electron chi connectivity index (χ2n) is 6.02. The molecule has 0 aliphatic rings. The number of likely N-dealkylation sites (N-methyl/N-ethyl adjacent to an activating group) is 2. The molecule has 0 spiro atoms. The summed E-state index contributed by atoms with van der Waals surface area (Å²) in [6.07, 6.45) is 0.683. The van der Waals surface area contributed by atoms with E-state index < -0.39 is 5.63 Å². The number of carbonyl (C=O) groups excluding carboxylic acids is 1. The normalized spacial score (nSPS) is 12.3. The quantitative estimate of drug-likeness (QED) is 0.770. The van der Waals surface area contributed by atoms with E-state index in [-0.39, 0.29) is 11.7 Å². The lowest BCUT2D eigenvalue weighted by Gasteiger charge is -2.17. The number of phenolic OH excluding ortho intramolecular Hbond substituents is 1. The van der Waals surface area contributed by atoms with Gasteiger partial charge in [0.25, 0.3) is 5.91 Å². The first kappa shape index (κ1) is 17.0. The summed E-state index contributed by atoms with van der Waals surface area (Å²) in [4.78, 5) is 26.1. The van der Waals surface area contributed by atoms with E-state index in [1.54, 1.807) is 19.0 Å². The number of rotatable bonds is 5. The van der Waals surface area contributed by atoms with Gasteiger partial charge in [0, 0.05) is 37.2 Å². The Labute approximate surface area is 134 Å². The van der Waals surface area contributed by atoms with Crippen molar-refractivity contribution in [3.63, 3.8) is 0 Å². The molecule has 2 rings (SSSR count). The number of phenols is 1. The smallest absolute Gasteiger partial charge is 0.336 e. The van der Waals surface area contributed by atoms with Gasteiger partial charge in [-0.05, 0) is 18.1 Å². The van der Waals surface area contributed by atoms with Crippen LogP contribution in [0.15, 0.2) is 27.4 Å². The van der Waals surface area contributed by atoms with E-state index in [0.29, 0.717) is 25.1 Å². The number of quaternary nitrogens is 1. The summed E-state index contributed by atoms with van der Waals surface area (Å²) in [5, 5.41) is 10.7. The summed E-state index contributed by atoms with van der Waals surface area (Å²) in [5.41, 5.74) is 1.53. The molecule has 1 heterocycles. The predicted molar refractivity (Wildman–Crippen MR) is 87.7 cm³/mol. The van der Waals surface area contributed by atoms with Crippen LogP contribution in [-0.2, 0) is 17.8 Å². The number of benzene rings is 1. The molecule has 0 fully saturated rings. The molecule has 0 radical (unpaired) electrons. The number of hydrogen-bond acceptors (Lipinski definition) is 4. The summed E-state index contributed by atoms with van der Waals surface area (Å²) in [6.45, 7) is 2.82. The topological polar surface area (TPSA) is 75.2 Å². The van der Waals surface area contributed by atoms with Crippen LogP contribution in [-0.4, -0.2) is 43.6 Å². The molecule has 0 aliphatic carbocycles. The Morgan fingerprint density at radius 3 is 2.57 bits per heavy atom. The van der Waals surface area contributed by atoms with Gasteiger partial charge in [-0.1, -0.05) is 6.92 Å². The van der Waals surface area contributed by atoms with Crippen LogP contribution in [0.3, 0.4) is 0 Å². The lowest BCUT2D eigenvalue weighted by Crippen LogP contribution is -3.08. The molecule has 23 heavy (non-hydrogen) atoms. The van der Waals surface area contributed by atoms with E-state index in [1.165, 1.54) is 12.1 Å². The molecule has 2 N–H and O–H groups in total. The lowest BCUT2D eigenvalue weighted by atomic mass is 10.0. The molecule has 0 bridgehead atoms. The fourth-order valence-electron chi connectivity index (χ4n) is 2.54. The van der Waals surface area contributed by atoms with E-state index in [9.17, 15) is 14.7 Å². The third kappa shape index (κ3) is 3.90. The first-order valence-electron chi connectivity index (χ1n) is 7.62. The minimum atomic E-state index is -0.456. The molecule has 0 saturated carbocycles. The van der Waals surface area contributed by atoms with Gasteiger partial charge < -0.3 is 19.3 Å². The maximum Gasteiger partial charge on any atom is 0.336 e. The molecule has 1 atom stereocenters. The highest BCUT2D eigenvalue weighted by Crippen LogP contribution is 2.26. The average molecular weight is 319 g/mol. The van der Waals surface area contributed by atoms with Crippen LogP contribution in [0.5, 0.6) is 5.75 Å². The van der Waals surface area contributed by atoms with Gasteiger partial charge in [0.2, 0.25) is 0 Å². The summed E-state index contributed by atoms with van der Waals surface area (Å²) in [5.74, 6) is 0.158. The average Bonchev–Trinajstić information content (AvgIpc) is 2.46. The molecule has 0 saturated heterocycles.